The maximum absolute atomic E-state index is 5.85. The fraction of sp³-hybridized carbons (Fsp3) is 0.818. The largest absolute Gasteiger partial charge is 0.328 e. The average molecular weight is 180 g/mol. The van der Waals surface area contributed by atoms with E-state index in [4.69, 9.17) is 12.2 Å². The third-order valence-electron chi connectivity index (χ3n) is 2.92. The first-order chi connectivity index (χ1) is 6.27. The van der Waals surface area contributed by atoms with Crippen LogP contribution in [0.1, 0.15) is 32.6 Å². The van der Waals surface area contributed by atoms with E-state index in [-0.39, 0.29) is 0 Å². The molecule has 1 saturated heterocycles. The van der Waals surface area contributed by atoms with Crippen LogP contribution in [0.2, 0.25) is 0 Å². The zero-order chi connectivity index (χ0) is 9.68. The van der Waals surface area contributed by atoms with Gasteiger partial charge in [-0.2, -0.15) is 0 Å². The van der Waals surface area contributed by atoms with E-state index < -0.39 is 0 Å². The lowest BCUT2D eigenvalue weighted by Gasteiger charge is -2.35. The minimum Gasteiger partial charge on any atom is -0.328 e. The average Bonchev–Trinajstić information content (AvgIpc) is 2.16. The van der Waals surface area contributed by atoms with Gasteiger partial charge >= 0.3 is 0 Å². The van der Waals surface area contributed by atoms with Gasteiger partial charge in [-0.1, -0.05) is 6.92 Å². The first kappa shape index (κ1) is 10.6. The monoisotopic (exact) mass is 180 g/mol. The second-order valence-corrected chi connectivity index (χ2v) is 3.84. The molecule has 74 valence electrons. The number of piperidine rings is 1. The first-order valence-corrected chi connectivity index (χ1v) is 5.21. The molecule has 2 N–H and O–H groups in total. The molecule has 0 saturated carbocycles. The number of nitrogens with two attached hydrogens (primary N) is 1. The Morgan fingerprint density at radius 3 is 2.62 bits per heavy atom. The Labute approximate surface area is 81.5 Å². The molecule has 1 atom stereocenters. The summed E-state index contributed by atoms with van der Waals surface area (Å²) in [5.41, 5.74) is 5.85. The first-order valence-electron chi connectivity index (χ1n) is 5.21. The highest BCUT2D eigenvalue weighted by Gasteiger charge is 2.21. The number of likely N-dealkylation sites (tertiary alicyclic amines) is 1. The molecule has 0 amide bonds. The Hall–Kier alpha value is -0.520. The summed E-state index contributed by atoms with van der Waals surface area (Å²) in [5.74, 6) is 2.75. The van der Waals surface area contributed by atoms with E-state index in [0.717, 1.165) is 38.8 Å². The van der Waals surface area contributed by atoms with E-state index in [1.54, 1.807) is 0 Å². The van der Waals surface area contributed by atoms with Gasteiger partial charge in [0.05, 0.1) is 0 Å². The van der Waals surface area contributed by atoms with Crippen LogP contribution in [0.3, 0.4) is 0 Å². The number of rotatable bonds is 3. The molecular weight excluding hydrogens is 160 g/mol. The Kier molecular flexibility index (Phi) is 4.27. The number of nitrogens with zero attached hydrogens (tertiary/aromatic N) is 1. The van der Waals surface area contributed by atoms with Crippen molar-refractivity contribution < 1.29 is 0 Å². The summed E-state index contributed by atoms with van der Waals surface area (Å²) in [6.45, 7) is 4.46. The van der Waals surface area contributed by atoms with E-state index in [0.29, 0.717) is 12.1 Å². The summed E-state index contributed by atoms with van der Waals surface area (Å²) >= 11 is 0. The van der Waals surface area contributed by atoms with Gasteiger partial charge in [-0.15, -0.1) is 12.3 Å². The summed E-state index contributed by atoms with van der Waals surface area (Å²) in [5, 5.41) is 0. The summed E-state index contributed by atoms with van der Waals surface area (Å²) < 4.78 is 0. The van der Waals surface area contributed by atoms with Gasteiger partial charge in [0.25, 0.3) is 0 Å². The van der Waals surface area contributed by atoms with Crippen LogP contribution >= 0.6 is 0 Å². The standard InChI is InChI=1S/C11H20N2/c1-3-5-11(4-2)13-8-6-10(12)7-9-13/h1,10-11H,4-9,12H2,2H3. The summed E-state index contributed by atoms with van der Waals surface area (Å²) in [7, 11) is 0. The van der Waals surface area contributed by atoms with Crippen LogP contribution in [-0.4, -0.2) is 30.1 Å². The quantitative estimate of drug-likeness (QED) is 0.662. The highest BCUT2D eigenvalue weighted by atomic mass is 15.2. The molecule has 1 aliphatic rings. The number of hydrogen-bond donors (Lipinski definition) is 1. The van der Waals surface area contributed by atoms with Gasteiger partial charge < -0.3 is 5.73 Å². The van der Waals surface area contributed by atoms with E-state index in [1.807, 2.05) is 0 Å². The van der Waals surface area contributed by atoms with Crippen molar-refractivity contribution in [3.63, 3.8) is 0 Å². The second-order valence-electron chi connectivity index (χ2n) is 3.84. The fourth-order valence-electron chi connectivity index (χ4n) is 1.95. The molecular formula is C11H20N2. The molecule has 1 unspecified atom stereocenters. The third-order valence-corrected chi connectivity index (χ3v) is 2.92. The van der Waals surface area contributed by atoms with Crippen LogP contribution in [0.15, 0.2) is 0 Å². The summed E-state index contributed by atoms with van der Waals surface area (Å²) in [6, 6.07) is 0.997. The van der Waals surface area contributed by atoms with Crippen molar-refractivity contribution in [2.75, 3.05) is 13.1 Å². The zero-order valence-corrected chi connectivity index (χ0v) is 8.50. The van der Waals surface area contributed by atoms with Crippen LogP contribution in [0.25, 0.3) is 0 Å². The van der Waals surface area contributed by atoms with Crippen LogP contribution in [0.5, 0.6) is 0 Å². The van der Waals surface area contributed by atoms with E-state index in [9.17, 15) is 0 Å². The molecule has 0 aromatic heterocycles. The van der Waals surface area contributed by atoms with Gasteiger partial charge in [0.15, 0.2) is 0 Å². The molecule has 13 heavy (non-hydrogen) atoms. The van der Waals surface area contributed by atoms with Gasteiger partial charge in [0, 0.05) is 18.5 Å². The minimum absolute atomic E-state index is 0.416. The highest BCUT2D eigenvalue weighted by Crippen LogP contribution is 2.15. The highest BCUT2D eigenvalue weighted by molar-refractivity contribution is 4.91. The SMILES string of the molecule is C#CCC(CC)N1CCC(N)CC1. The lowest BCUT2D eigenvalue weighted by atomic mass is 10.0. The molecule has 1 heterocycles. The topological polar surface area (TPSA) is 29.3 Å². The number of hydrogen-bond acceptors (Lipinski definition) is 2. The Morgan fingerprint density at radius 2 is 2.15 bits per heavy atom. The molecule has 1 fully saturated rings. The van der Waals surface area contributed by atoms with E-state index in [2.05, 4.69) is 17.7 Å². The molecule has 0 bridgehead atoms. The maximum Gasteiger partial charge on any atom is 0.0242 e. The van der Waals surface area contributed by atoms with Gasteiger partial charge in [-0.3, -0.25) is 4.90 Å². The zero-order valence-electron chi connectivity index (χ0n) is 8.50. The third kappa shape index (κ3) is 3.02. The molecule has 0 aromatic carbocycles. The van der Waals surface area contributed by atoms with Crippen molar-refractivity contribution in [1.29, 1.82) is 0 Å². The van der Waals surface area contributed by atoms with Crippen molar-refractivity contribution >= 4 is 0 Å². The lowest BCUT2D eigenvalue weighted by Crippen LogP contribution is -2.44. The van der Waals surface area contributed by atoms with Crippen molar-refractivity contribution in [2.45, 2.75) is 44.7 Å². The van der Waals surface area contributed by atoms with Crippen molar-refractivity contribution in [1.82, 2.24) is 4.90 Å². The lowest BCUT2D eigenvalue weighted by molar-refractivity contribution is 0.151. The molecule has 0 radical (unpaired) electrons. The predicted molar refractivity (Wildman–Crippen MR) is 56.3 cm³/mol. The second kappa shape index (κ2) is 5.26. The van der Waals surface area contributed by atoms with Gasteiger partial charge in [-0.25, -0.2) is 0 Å². The molecule has 2 heteroatoms. The molecule has 0 aliphatic carbocycles. The Balaban J connectivity index is 2.37. The molecule has 1 aliphatic heterocycles. The van der Waals surface area contributed by atoms with Crippen LogP contribution in [0.4, 0.5) is 0 Å². The Morgan fingerprint density at radius 1 is 1.54 bits per heavy atom. The van der Waals surface area contributed by atoms with Crippen molar-refractivity contribution in [3.8, 4) is 12.3 Å². The molecule has 2 nitrogen and oxygen atoms in total. The fourth-order valence-corrected chi connectivity index (χ4v) is 1.95. The van der Waals surface area contributed by atoms with E-state index in [1.165, 1.54) is 0 Å². The summed E-state index contributed by atoms with van der Waals surface area (Å²) in [6.07, 6.45) is 9.62. The molecule has 0 spiro atoms. The normalized spacial score (nSPS) is 22.5. The van der Waals surface area contributed by atoms with Crippen molar-refractivity contribution in [2.24, 2.45) is 5.73 Å². The molecule has 0 aromatic rings. The van der Waals surface area contributed by atoms with Gasteiger partial charge in [0.2, 0.25) is 0 Å². The maximum atomic E-state index is 5.85. The van der Waals surface area contributed by atoms with E-state index >= 15 is 0 Å². The van der Waals surface area contributed by atoms with Crippen LogP contribution in [0, 0.1) is 12.3 Å². The number of terminal acetylenes is 1. The predicted octanol–water partition coefficient (Wildman–Crippen LogP) is 1.21. The van der Waals surface area contributed by atoms with Gasteiger partial charge in [0.1, 0.15) is 0 Å². The Bertz CT molecular complexity index is 175. The summed E-state index contributed by atoms with van der Waals surface area (Å²) in [4.78, 5) is 2.49. The molecule has 1 rings (SSSR count). The minimum atomic E-state index is 0.416. The smallest absolute Gasteiger partial charge is 0.0242 e. The van der Waals surface area contributed by atoms with Gasteiger partial charge in [-0.05, 0) is 32.4 Å². The van der Waals surface area contributed by atoms with Crippen molar-refractivity contribution in [3.05, 3.63) is 0 Å². The van der Waals surface area contributed by atoms with Crippen LogP contribution < -0.4 is 5.73 Å². The van der Waals surface area contributed by atoms with Crippen LogP contribution in [-0.2, 0) is 0 Å².